The molecule has 29 heavy (non-hydrogen) atoms. The average molecular weight is 399 g/mol. The van der Waals surface area contributed by atoms with Crippen molar-refractivity contribution >= 4 is 28.4 Å². The average Bonchev–Trinajstić information content (AvgIpc) is 3.02. The fourth-order valence-electron chi connectivity index (χ4n) is 3.22. The Kier molecular flexibility index (Phi) is 5.01. The summed E-state index contributed by atoms with van der Waals surface area (Å²) in [6, 6.07) is 3.30. The number of fused-ring (bicyclic) bond motifs is 1. The summed E-state index contributed by atoms with van der Waals surface area (Å²) in [7, 11) is 3.62. The van der Waals surface area contributed by atoms with Crippen LogP contribution in [0.15, 0.2) is 24.5 Å². The molecule has 1 saturated heterocycles. The van der Waals surface area contributed by atoms with Gasteiger partial charge in [-0.2, -0.15) is 10.1 Å². The second kappa shape index (κ2) is 7.63. The first-order valence-electron chi connectivity index (χ1n) is 9.34. The van der Waals surface area contributed by atoms with Crippen LogP contribution in [0, 0.1) is 5.82 Å². The third kappa shape index (κ3) is 3.70. The van der Waals surface area contributed by atoms with E-state index in [0.29, 0.717) is 29.7 Å². The quantitative estimate of drug-likeness (QED) is 0.649. The van der Waals surface area contributed by atoms with Crippen LogP contribution < -0.4 is 20.3 Å². The van der Waals surface area contributed by atoms with Gasteiger partial charge >= 0.3 is 0 Å². The highest BCUT2D eigenvalue weighted by Crippen LogP contribution is 2.25. The normalized spacial score (nSPS) is 14.1. The SMILES string of the molecule is CCOc1nc(N2CC(NC)C2)ncc1C(=O)Nc1cc(F)c2nn(C)cc2c1. The highest BCUT2D eigenvalue weighted by molar-refractivity contribution is 6.06. The van der Waals surface area contributed by atoms with Gasteiger partial charge in [0.05, 0.1) is 6.61 Å². The van der Waals surface area contributed by atoms with Gasteiger partial charge in [-0.3, -0.25) is 9.48 Å². The van der Waals surface area contributed by atoms with E-state index in [4.69, 9.17) is 4.74 Å². The monoisotopic (exact) mass is 399 g/mol. The van der Waals surface area contributed by atoms with Crippen LogP contribution in [-0.2, 0) is 7.05 Å². The Morgan fingerprint density at radius 3 is 2.90 bits per heavy atom. The van der Waals surface area contributed by atoms with Crippen molar-refractivity contribution in [1.82, 2.24) is 25.1 Å². The summed E-state index contributed by atoms with van der Waals surface area (Å²) in [5.74, 6) is -0.267. The molecule has 152 valence electrons. The second-order valence-electron chi connectivity index (χ2n) is 6.87. The van der Waals surface area contributed by atoms with Gasteiger partial charge in [0, 0.05) is 49.6 Å². The number of benzene rings is 1. The highest BCUT2D eigenvalue weighted by Gasteiger charge is 2.28. The van der Waals surface area contributed by atoms with E-state index in [1.165, 1.54) is 16.9 Å². The van der Waals surface area contributed by atoms with Gasteiger partial charge in [-0.25, -0.2) is 9.37 Å². The predicted octanol–water partition coefficient (Wildman–Crippen LogP) is 1.56. The molecule has 9 nitrogen and oxygen atoms in total. The Balaban J connectivity index is 1.57. The minimum atomic E-state index is -0.507. The van der Waals surface area contributed by atoms with Gasteiger partial charge in [0.15, 0.2) is 5.82 Å². The van der Waals surface area contributed by atoms with Crippen LogP contribution in [0.2, 0.25) is 0 Å². The van der Waals surface area contributed by atoms with Crippen LogP contribution in [0.1, 0.15) is 17.3 Å². The first kappa shape index (κ1) is 19.1. The zero-order valence-electron chi connectivity index (χ0n) is 16.4. The largest absolute Gasteiger partial charge is 0.477 e. The van der Waals surface area contributed by atoms with Crippen molar-refractivity contribution in [3.63, 3.8) is 0 Å². The molecule has 1 aromatic carbocycles. The number of anilines is 2. The van der Waals surface area contributed by atoms with Gasteiger partial charge in [-0.05, 0) is 26.1 Å². The molecule has 1 aliphatic rings. The van der Waals surface area contributed by atoms with Crippen molar-refractivity contribution in [3.05, 3.63) is 35.9 Å². The standard InChI is InChI=1S/C19H22FN7O2/c1-4-29-18-14(7-22-19(24-18)27-9-13(10-27)21-2)17(28)23-12-5-11-8-26(3)25-16(11)15(20)6-12/h5-8,13,21H,4,9-10H2,1-3H3,(H,23,28). The Morgan fingerprint density at radius 2 is 2.17 bits per heavy atom. The van der Waals surface area contributed by atoms with Gasteiger partial charge < -0.3 is 20.3 Å². The molecule has 10 heteroatoms. The lowest BCUT2D eigenvalue weighted by Gasteiger charge is -2.39. The molecule has 2 N–H and O–H groups in total. The number of aryl methyl sites for hydroxylation is 1. The van der Waals surface area contributed by atoms with Gasteiger partial charge in [-0.1, -0.05) is 0 Å². The minimum Gasteiger partial charge on any atom is -0.477 e. The molecule has 0 bridgehead atoms. The molecular formula is C19H22FN7O2. The summed E-state index contributed by atoms with van der Waals surface area (Å²) in [6.45, 7) is 3.75. The molecule has 0 spiro atoms. The molecule has 1 aliphatic heterocycles. The third-order valence-corrected chi connectivity index (χ3v) is 4.77. The number of aromatic nitrogens is 4. The minimum absolute atomic E-state index is 0.188. The number of ether oxygens (including phenoxy) is 1. The summed E-state index contributed by atoms with van der Waals surface area (Å²) in [5, 5.41) is 10.5. The van der Waals surface area contributed by atoms with E-state index in [-0.39, 0.29) is 17.0 Å². The molecular weight excluding hydrogens is 377 g/mol. The van der Waals surface area contributed by atoms with E-state index < -0.39 is 11.7 Å². The summed E-state index contributed by atoms with van der Waals surface area (Å²) >= 11 is 0. The van der Waals surface area contributed by atoms with Crippen LogP contribution in [0.5, 0.6) is 5.88 Å². The number of halogens is 1. The molecule has 0 radical (unpaired) electrons. The van der Waals surface area contributed by atoms with Crippen molar-refractivity contribution in [2.45, 2.75) is 13.0 Å². The van der Waals surface area contributed by atoms with Crippen LogP contribution in [0.3, 0.4) is 0 Å². The van der Waals surface area contributed by atoms with E-state index in [2.05, 4.69) is 25.7 Å². The number of carbonyl (C=O) groups is 1. The molecule has 3 aromatic rings. The maximum absolute atomic E-state index is 14.3. The van der Waals surface area contributed by atoms with Crippen molar-refractivity contribution in [2.75, 3.05) is 37.0 Å². The number of nitrogens with one attached hydrogen (secondary N) is 2. The van der Waals surface area contributed by atoms with Crippen molar-refractivity contribution in [3.8, 4) is 5.88 Å². The fourth-order valence-corrected chi connectivity index (χ4v) is 3.22. The lowest BCUT2D eigenvalue weighted by Crippen LogP contribution is -2.57. The predicted molar refractivity (Wildman–Crippen MR) is 107 cm³/mol. The number of rotatable bonds is 6. The van der Waals surface area contributed by atoms with E-state index in [1.54, 1.807) is 19.3 Å². The lowest BCUT2D eigenvalue weighted by molar-refractivity contribution is 0.102. The van der Waals surface area contributed by atoms with E-state index in [0.717, 1.165) is 13.1 Å². The van der Waals surface area contributed by atoms with Crippen LogP contribution in [-0.4, -0.2) is 58.4 Å². The highest BCUT2D eigenvalue weighted by atomic mass is 19.1. The first-order valence-corrected chi connectivity index (χ1v) is 9.34. The Hall–Kier alpha value is -3.27. The van der Waals surface area contributed by atoms with Crippen molar-refractivity contribution < 1.29 is 13.9 Å². The van der Waals surface area contributed by atoms with Gasteiger partial charge in [-0.15, -0.1) is 0 Å². The number of carbonyl (C=O) groups excluding carboxylic acids is 1. The van der Waals surface area contributed by atoms with Crippen LogP contribution >= 0.6 is 0 Å². The molecule has 0 unspecified atom stereocenters. The fraction of sp³-hybridized carbons (Fsp3) is 0.368. The Labute approximate surface area is 166 Å². The number of nitrogens with zero attached hydrogens (tertiary/aromatic N) is 5. The lowest BCUT2D eigenvalue weighted by atomic mass is 10.1. The Morgan fingerprint density at radius 1 is 1.38 bits per heavy atom. The van der Waals surface area contributed by atoms with Gasteiger partial charge in [0.2, 0.25) is 11.8 Å². The molecule has 1 fully saturated rings. The molecule has 4 rings (SSSR count). The Bertz CT molecular complexity index is 1060. The van der Waals surface area contributed by atoms with Crippen LogP contribution in [0.25, 0.3) is 10.9 Å². The van der Waals surface area contributed by atoms with E-state index in [9.17, 15) is 9.18 Å². The zero-order valence-corrected chi connectivity index (χ0v) is 16.4. The van der Waals surface area contributed by atoms with Gasteiger partial charge in [0.1, 0.15) is 11.1 Å². The van der Waals surface area contributed by atoms with Gasteiger partial charge in [0.25, 0.3) is 5.91 Å². The molecule has 0 aliphatic carbocycles. The topological polar surface area (TPSA) is 97.2 Å². The summed E-state index contributed by atoms with van der Waals surface area (Å²) in [4.78, 5) is 23.5. The van der Waals surface area contributed by atoms with Crippen molar-refractivity contribution in [2.24, 2.45) is 7.05 Å². The number of hydrogen-bond donors (Lipinski definition) is 2. The first-order chi connectivity index (χ1) is 14.0. The maximum atomic E-state index is 14.3. The maximum Gasteiger partial charge on any atom is 0.262 e. The number of hydrogen-bond acceptors (Lipinski definition) is 7. The smallest absolute Gasteiger partial charge is 0.262 e. The van der Waals surface area contributed by atoms with Crippen LogP contribution in [0.4, 0.5) is 16.0 Å². The molecule has 3 heterocycles. The summed E-state index contributed by atoms with van der Waals surface area (Å²) in [5.41, 5.74) is 0.759. The molecule has 1 amide bonds. The molecule has 2 aromatic heterocycles. The third-order valence-electron chi connectivity index (χ3n) is 4.77. The summed E-state index contributed by atoms with van der Waals surface area (Å²) < 4.78 is 21.4. The number of amides is 1. The van der Waals surface area contributed by atoms with E-state index >= 15 is 0 Å². The van der Waals surface area contributed by atoms with Crippen molar-refractivity contribution in [1.29, 1.82) is 0 Å². The van der Waals surface area contributed by atoms with E-state index in [1.807, 2.05) is 18.9 Å². The number of likely N-dealkylation sites (N-methyl/N-ethyl adjacent to an activating group) is 1. The molecule has 0 saturated carbocycles. The summed E-state index contributed by atoms with van der Waals surface area (Å²) in [6.07, 6.45) is 3.12. The second-order valence-corrected chi connectivity index (χ2v) is 6.87. The molecule has 0 atom stereocenters. The zero-order chi connectivity index (χ0) is 20.5.